The van der Waals surface area contributed by atoms with Crippen molar-refractivity contribution in [3.63, 3.8) is 0 Å². The number of nitrogens with zero attached hydrogens (tertiary/aromatic N) is 3. The number of para-hydroxylation sites is 1. The van der Waals surface area contributed by atoms with Crippen LogP contribution in [0.25, 0.3) is 11.4 Å². The topological polar surface area (TPSA) is 55.8 Å². The quantitative estimate of drug-likeness (QED) is 0.549. The molecule has 2 heterocycles. The van der Waals surface area contributed by atoms with Crippen molar-refractivity contribution < 1.29 is 9.36 Å². The highest BCUT2D eigenvalue weighted by Gasteiger charge is 2.24. The number of benzene rings is 1. The molecule has 114 valence electrons. The molecule has 2 aromatic heterocycles. The minimum absolute atomic E-state index is 0.176. The van der Waals surface area contributed by atoms with Gasteiger partial charge >= 0.3 is 5.56 Å². The summed E-state index contributed by atoms with van der Waals surface area (Å²) in [7, 11) is 0. The summed E-state index contributed by atoms with van der Waals surface area (Å²) in [4.78, 5) is 24.9. The Morgan fingerprint density at radius 3 is 2.26 bits per heavy atom. The molecule has 1 aromatic carbocycles. The third-order valence-corrected chi connectivity index (χ3v) is 3.61. The first-order valence-electron chi connectivity index (χ1n) is 7.26. The number of ketones is 1. The maximum Gasteiger partial charge on any atom is 0.344 e. The second kappa shape index (κ2) is 5.96. The van der Waals surface area contributed by atoms with Gasteiger partial charge in [-0.25, -0.2) is 0 Å². The van der Waals surface area contributed by atoms with Crippen LogP contribution in [-0.2, 0) is 0 Å². The van der Waals surface area contributed by atoms with Crippen LogP contribution in [0.4, 0.5) is 0 Å². The fourth-order valence-corrected chi connectivity index (χ4v) is 2.52. The molecule has 0 bridgehead atoms. The molecule has 0 unspecified atom stereocenters. The van der Waals surface area contributed by atoms with Gasteiger partial charge in [-0.3, -0.25) is 9.59 Å². The molecule has 0 atom stereocenters. The van der Waals surface area contributed by atoms with E-state index in [9.17, 15) is 9.59 Å². The molecule has 0 saturated heterocycles. The number of rotatable bonds is 3. The van der Waals surface area contributed by atoms with Crippen molar-refractivity contribution >= 4 is 5.78 Å². The summed E-state index contributed by atoms with van der Waals surface area (Å²) in [6.07, 6.45) is 3.56. The molecular formula is C18H16N3O2+. The van der Waals surface area contributed by atoms with Crippen molar-refractivity contribution in [2.45, 2.75) is 13.8 Å². The number of hydrogen-bond donors (Lipinski definition) is 0. The molecule has 3 aromatic rings. The van der Waals surface area contributed by atoms with Crippen molar-refractivity contribution in [2.24, 2.45) is 0 Å². The number of carbonyl (C=O) groups is 1. The van der Waals surface area contributed by atoms with Crippen LogP contribution in [0.3, 0.4) is 0 Å². The molecule has 3 rings (SSSR count). The summed E-state index contributed by atoms with van der Waals surface area (Å²) >= 11 is 0. The number of Topliss-reactive ketones (excluding diaryl/α,β-unsaturated/α-hetero) is 1. The van der Waals surface area contributed by atoms with Crippen molar-refractivity contribution in [3.8, 4) is 11.4 Å². The van der Waals surface area contributed by atoms with Crippen LogP contribution < -0.4 is 10.1 Å². The highest BCUT2D eigenvalue weighted by atomic mass is 16.1. The van der Waals surface area contributed by atoms with E-state index in [0.717, 1.165) is 0 Å². The molecule has 0 fully saturated rings. The minimum Gasteiger partial charge on any atom is -0.293 e. The van der Waals surface area contributed by atoms with E-state index in [-0.39, 0.29) is 11.3 Å². The lowest BCUT2D eigenvalue weighted by molar-refractivity contribution is -0.597. The van der Waals surface area contributed by atoms with Gasteiger partial charge in [0.2, 0.25) is 0 Å². The van der Waals surface area contributed by atoms with Gasteiger partial charge < -0.3 is 0 Å². The molecule has 0 aliphatic heterocycles. The van der Waals surface area contributed by atoms with Crippen molar-refractivity contribution in [3.05, 3.63) is 82.5 Å². The van der Waals surface area contributed by atoms with E-state index in [1.165, 1.54) is 11.6 Å². The molecule has 0 aliphatic carbocycles. The van der Waals surface area contributed by atoms with E-state index < -0.39 is 0 Å². The van der Waals surface area contributed by atoms with Crippen molar-refractivity contribution in [1.82, 2.24) is 9.78 Å². The molecule has 5 nitrogen and oxygen atoms in total. The molecule has 0 saturated carbocycles. The van der Waals surface area contributed by atoms with E-state index in [1.807, 2.05) is 36.4 Å². The van der Waals surface area contributed by atoms with Crippen LogP contribution >= 0.6 is 0 Å². The maximum atomic E-state index is 12.9. The Bertz CT molecular complexity index is 916. The van der Waals surface area contributed by atoms with Crippen LogP contribution in [-0.4, -0.2) is 15.6 Å². The molecule has 0 aliphatic rings. The number of aromatic nitrogens is 3. The van der Waals surface area contributed by atoms with Gasteiger partial charge in [0.1, 0.15) is 5.69 Å². The summed E-state index contributed by atoms with van der Waals surface area (Å²) in [6.45, 7) is 3.20. The fourth-order valence-electron chi connectivity index (χ4n) is 2.52. The number of hydrogen-bond acceptors (Lipinski definition) is 3. The largest absolute Gasteiger partial charge is 0.344 e. The van der Waals surface area contributed by atoms with E-state index in [2.05, 4.69) is 5.10 Å². The van der Waals surface area contributed by atoms with Crippen LogP contribution in [0.1, 0.15) is 23.0 Å². The first-order chi connectivity index (χ1) is 11.1. The molecule has 23 heavy (non-hydrogen) atoms. The monoisotopic (exact) mass is 306 g/mol. The van der Waals surface area contributed by atoms with Gasteiger partial charge in [-0.1, -0.05) is 24.3 Å². The third-order valence-electron chi connectivity index (χ3n) is 3.61. The zero-order chi connectivity index (χ0) is 16.4. The van der Waals surface area contributed by atoms with E-state index in [4.69, 9.17) is 0 Å². The Hall–Kier alpha value is -3.08. The standard InChI is InChI=1S/C18H16N3O2/c1-13-16(14(2)22)19-21(15-9-5-3-6-10-15)18(23)17(13)20-11-7-4-8-12-20/h3-12H,1-2H3/q+1. The van der Waals surface area contributed by atoms with Gasteiger partial charge in [-0.15, -0.1) is 0 Å². The SMILES string of the molecule is CC(=O)c1nn(-c2ccccc2)c(=O)c(-[n+]2ccccc2)c1C. The molecule has 0 amide bonds. The molecule has 0 spiro atoms. The van der Waals surface area contributed by atoms with Gasteiger partial charge in [0.05, 0.1) is 11.3 Å². The summed E-state index contributed by atoms with van der Waals surface area (Å²) in [6, 6.07) is 14.6. The number of carbonyl (C=O) groups excluding carboxylic acids is 1. The maximum absolute atomic E-state index is 12.9. The summed E-state index contributed by atoms with van der Waals surface area (Å²) in [5, 5.41) is 4.27. The molecular weight excluding hydrogens is 290 g/mol. The Labute approximate surface area is 133 Å². The predicted molar refractivity (Wildman–Crippen MR) is 86.1 cm³/mol. The minimum atomic E-state index is -0.269. The highest BCUT2D eigenvalue weighted by molar-refractivity contribution is 5.93. The van der Waals surface area contributed by atoms with Crippen molar-refractivity contribution in [1.29, 1.82) is 0 Å². The number of pyridine rings is 1. The highest BCUT2D eigenvalue weighted by Crippen LogP contribution is 2.11. The first-order valence-corrected chi connectivity index (χ1v) is 7.26. The average molecular weight is 306 g/mol. The van der Waals surface area contributed by atoms with Crippen molar-refractivity contribution in [2.75, 3.05) is 0 Å². The Morgan fingerprint density at radius 1 is 1.04 bits per heavy atom. The Morgan fingerprint density at radius 2 is 1.65 bits per heavy atom. The summed E-state index contributed by atoms with van der Waals surface area (Å²) in [5.74, 6) is -0.176. The molecule has 5 heteroatoms. The van der Waals surface area contributed by atoms with Gasteiger partial charge in [0.25, 0.3) is 5.69 Å². The molecule has 0 radical (unpaired) electrons. The fraction of sp³-hybridized carbons (Fsp3) is 0.111. The van der Waals surface area contributed by atoms with Gasteiger partial charge in [0.15, 0.2) is 18.2 Å². The predicted octanol–water partition coefficient (Wildman–Crippen LogP) is 2.02. The van der Waals surface area contributed by atoms with Crippen LogP contribution in [0, 0.1) is 6.92 Å². The third kappa shape index (κ3) is 2.68. The second-order valence-corrected chi connectivity index (χ2v) is 5.21. The van der Waals surface area contributed by atoms with Gasteiger partial charge in [-0.2, -0.15) is 14.3 Å². The smallest absolute Gasteiger partial charge is 0.293 e. The van der Waals surface area contributed by atoms with E-state index in [0.29, 0.717) is 22.6 Å². The summed E-state index contributed by atoms with van der Waals surface area (Å²) < 4.78 is 2.99. The zero-order valence-corrected chi connectivity index (χ0v) is 12.9. The summed E-state index contributed by atoms with van der Waals surface area (Å²) in [5.41, 5.74) is 1.65. The van der Waals surface area contributed by atoms with E-state index >= 15 is 0 Å². The zero-order valence-electron chi connectivity index (χ0n) is 12.9. The van der Waals surface area contributed by atoms with E-state index in [1.54, 1.807) is 36.0 Å². The van der Waals surface area contributed by atoms with Gasteiger partial charge in [-0.05, 0) is 19.1 Å². The normalized spacial score (nSPS) is 10.5. The second-order valence-electron chi connectivity index (χ2n) is 5.21. The van der Waals surface area contributed by atoms with Crippen LogP contribution in [0.15, 0.2) is 65.7 Å². The lowest BCUT2D eigenvalue weighted by atomic mass is 10.1. The van der Waals surface area contributed by atoms with Crippen LogP contribution in [0.5, 0.6) is 0 Å². The molecule has 0 N–H and O–H groups in total. The Balaban J connectivity index is 2.38. The van der Waals surface area contributed by atoms with Gasteiger partial charge in [0, 0.05) is 19.1 Å². The Kier molecular flexibility index (Phi) is 3.85. The lowest BCUT2D eigenvalue weighted by Crippen LogP contribution is -2.42. The first kappa shape index (κ1) is 14.8. The lowest BCUT2D eigenvalue weighted by Gasteiger charge is -2.09. The average Bonchev–Trinajstić information content (AvgIpc) is 2.56. The van der Waals surface area contributed by atoms with Crippen LogP contribution in [0.2, 0.25) is 0 Å².